The van der Waals surface area contributed by atoms with Crippen molar-refractivity contribution in [2.24, 2.45) is 5.92 Å². The van der Waals surface area contributed by atoms with Crippen LogP contribution in [-0.4, -0.2) is 47.5 Å². The highest BCUT2D eigenvalue weighted by atomic mass is 16.7. The maximum absolute atomic E-state index is 13.1. The summed E-state index contributed by atoms with van der Waals surface area (Å²) < 4.78 is 10.9. The fraction of sp³-hybridized carbons (Fsp3) is 0.579. The molecule has 25 heavy (non-hydrogen) atoms. The molecule has 134 valence electrons. The first-order valence-corrected chi connectivity index (χ1v) is 9.00. The summed E-state index contributed by atoms with van der Waals surface area (Å²) in [6, 6.07) is 4.25. The number of amides is 2. The normalized spacial score (nSPS) is 22.7. The zero-order valence-corrected chi connectivity index (χ0v) is 14.8. The molecule has 0 saturated carbocycles. The van der Waals surface area contributed by atoms with E-state index in [9.17, 15) is 9.59 Å². The summed E-state index contributed by atoms with van der Waals surface area (Å²) >= 11 is 0. The fourth-order valence-corrected chi connectivity index (χ4v) is 4.10. The Bertz CT molecular complexity index is 710. The van der Waals surface area contributed by atoms with Crippen molar-refractivity contribution in [3.8, 4) is 11.5 Å². The van der Waals surface area contributed by atoms with E-state index in [0.717, 1.165) is 36.3 Å². The Kier molecular flexibility index (Phi) is 4.06. The van der Waals surface area contributed by atoms with Crippen molar-refractivity contribution in [2.45, 2.75) is 45.7 Å². The van der Waals surface area contributed by atoms with Crippen LogP contribution in [0.25, 0.3) is 0 Å². The lowest BCUT2D eigenvalue weighted by Crippen LogP contribution is -2.48. The minimum absolute atomic E-state index is 0.0219. The van der Waals surface area contributed by atoms with E-state index in [4.69, 9.17) is 9.47 Å². The molecule has 1 aromatic rings. The predicted molar refractivity (Wildman–Crippen MR) is 91.3 cm³/mol. The number of rotatable bonds is 1. The van der Waals surface area contributed by atoms with Gasteiger partial charge in [-0.2, -0.15) is 0 Å². The quantitative estimate of drug-likeness (QED) is 0.781. The molecule has 4 rings (SSSR count). The van der Waals surface area contributed by atoms with Crippen LogP contribution < -0.4 is 9.47 Å². The molecule has 1 fully saturated rings. The molecular formula is C19H24N2O4. The van der Waals surface area contributed by atoms with Gasteiger partial charge in [0.05, 0.1) is 0 Å². The van der Waals surface area contributed by atoms with Crippen molar-refractivity contribution in [1.82, 2.24) is 9.80 Å². The molecule has 0 N–H and O–H groups in total. The van der Waals surface area contributed by atoms with Gasteiger partial charge in [0.2, 0.25) is 18.6 Å². The van der Waals surface area contributed by atoms with E-state index >= 15 is 0 Å². The minimum atomic E-state index is 0.0219. The van der Waals surface area contributed by atoms with Crippen LogP contribution in [0.3, 0.4) is 0 Å². The van der Waals surface area contributed by atoms with E-state index in [0.29, 0.717) is 19.6 Å². The average Bonchev–Trinajstić information content (AvgIpc) is 3.06. The maximum Gasteiger partial charge on any atom is 0.231 e. The molecule has 3 aliphatic heterocycles. The molecule has 3 aliphatic rings. The van der Waals surface area contributed by atoms with Gasteiger partial charge >= 0.3 is 0 Å². The molecule has 0 bridgehead atoms. The standard InChI is InChI=1S/C19H24N2O4/c1-12-7-15-8-17-18(25-11-24-17)9-16(15)10-21(12)19(23)14-3-5-20(6-4-14)13(2)22/h8-9,12,14H,3-7,10-11H2,1-2H3. The lowest BCUT2D eigenvalue weighted by Gasteiger charge is -2.39. The number of hydrogen-bond donors (Lipinski definition) is 0. The first-order chi connectivity index (χ1) is 12.0. The molecular weight excluding hydrogens is 320 g/mol. The molecule has 0 aliphatic carbocycles. The number of benzene rings is 1. The van der Waals surface area contributed by atoms with E-state index in [2.05, 4.69) is 13.0 Å². The Morgan fingerprint density at radius 3 is 2.36 bits per heavy atom. The lowest BCUT2D eigenvalue weighted by molar-refractivity contribution is -0.142. The van der Waals surface area contributed by atoms with Crippen molar-refractivity contribution in [3.63, 3.8) is 0 Å². The summed E-state index contributed by atoms with van der Waals surface area (Å²) in [5, 5.41) is 0. The van der Waals surface area contributed by atoms with Gasteiger partial charge in [-0.15, -0.1) is 0 Å². The van der Waals surface area contributed by atoms with Crippen LogP contribution in [0.5, 0.6) is 11.5 Å². The molecule has 6 nitrogen and oxygen atoms in total. The van der Waals surface area contributed by atoms with E-state index in [1.165, 1.54) is 5.56 Å². The first kappa shape index (κ1) is 16.2. The Labute approximate surface area is 147 Å². The van der Waals surface area contributed by atoms with Gasteiger partial charge in [-0.25, -0.2) is 0 Å². The SMILES string of the molecule is CC(=O)N1CCC(C(=O)N2Cc3cc4c(cc3CC2C)OCO4)CC1. The molecule has 3 heterocycles. The smallest absolute Gasteiger partial charge is 0.231 e. The van der Waals surface area contributed by atoms with Crippen LogP contribution in [0.1, 0.15) is 37.8 Å². The van der Waals surface area contributed by atoms with Gasteiger partial charge in [0.15, 0.2) is 11.5 Å². The maximum atomic E-state index is 13.1. The monoisotopic (exact) mass is 344 g/mol. The van der Waals surface area contributed by atoms with Crippen molar-refractivity contribution >= 4 is 11.8 Å². The highest BCUT2D eigenvalue weighted by Gasteiger charge is 2.34. The largest absolute Gasteiger partial charge is 0.454 e. The highest BCUT2D eigenvalue weighted by Crippen LogP contribution is 2.38. The molecule has 6 heteroatoms. The number of nitrogens with zero attached hydrogens (tertiary/aromatic N) is 2. The highest BCUT2D eigenvalue weighted by molar-refractivity contribution is 5.80. The summed E-state index contributed by atoms with van der Waals surface area (Å²) in [7, 11) is 0. The van der Waals surface area contributed by atoms with E-state index in [1.807, 2.05) is 15.9 Å². The topological polar surface area (TPSA) is 59.1 Å². The summed E-state index contributed by atoms with van der Waals surface area (Å²) in [6.07, 6.45) is 2.36. The van der Waals surface area contributed by atoms with Crippen LogP contribution in [0.4, 0.5) is 0 Å². The number of carbonyl (C=O) groups is 2. The molecule has 1 aromatic carbocycles. The number of ether oxygens (including phenoxy) is 2. The zero-order chi connectivity index (χ0) is 17.6. The second-order valence-corrected chi connectivity index (χ2v) is 7.27. The number of piperidine rings is 1. The minimum Gasteiger partial charge on any atom is -0.454 e. The summed E-state index contributed by atoms with van der Waals surface area (Å²) in [6.45, 7) is 5.96. The second kappa shape index (κ2) is 6.24. The summed E-state index contributed by atoms with van der Waals surface area (Å²) in [4.78, 5) is 28.3. The van der Waals surface area contributed by atoms with Gasteiger partial charge in [-0.05, 0) is 49.4 Å². The molecule has 1 atom stereocenters. The van der Waals surface area contributed by atoms with Crippen molar-refractivity contribution < 1.29 is 19.1 Å². The van der Waals surface area contributed by atoms with Crippen LogP contribution >= 0.6 is 0 Å². The average molecular weight is 344 g/mol. The number of hydrogen-bond acceptors (Lipinski definition) is 4. The lowest BCUT2D eigenvalue weighted by atomic mass is 9.90. The molecule has 0 radical (unpaired) electrons. The fourth-order valence-electron chi connectivity index (χ4n) is 4.10. The van der Waals surface area contributed by atoms with Crippen LogP contribution in [0, 0.1) is 5.92 Å². The number of carbonyl (C=O) groups excluding carboxylic acids is 2. The molecule has 1 unspecified atom stereocenters. The Morgan fingerprint density at radius 1 is 1.08 bits per heavy atom. The van der Waals surface area contributed by atoms with E-state index in [1.54, 1.807) is 6.92 Å². The Hall–Kier alpha value is -2.24. The van der Waals surface area contributed by atoms with E-state index in [-0.39, 0.29) is 30.6 Å². The molecule has 0 aromatic heterocycles. The number of fused-ring (bicyclic) bond motifs is 2. The van der Waals surface area contributed by atoms with Gasteiger partial charge in [0.25, 0.3) is 0 Å². The van der Waals surface area contributed by atoms with Crippen molar-refractivity contribution in [3.05, 3.63) is 23.3 Å². The van der Waals surface area contributed by atoms with Gasteiger partial charge in [0, 0.05) is 38.5 Å². The molecule has 0 spiro atoms. The van der Waals surface area contributed by atoms with Crippen LogP contribution in [0.2, 0.25) is 0 Å². The summed E-state index contributed by atoms with van der Waals surface area (Å²) in [5.74, 6) is 1.92. The molecule has 2 amide bonds. The van der Waals surface area contributed by atoms with Crippen molar-refractivity contribution in [2.75, 3.05) is 19.9 Å². The van der Waals surface area contributed by atoms with Crippen LogP contribution in [-0.2, 0) is 22.6 Å². The van der Waals surface area contributed by atoms with Gasteiger partial charge in [-0.3, -0.25) is 9.59 Å². The van der Waals surface area contributed by atoms with Gasteiger partial charge in [-0.1, -0.05) is 0 Å². The third kappa shape index (κ3) is 2.94. The molecule has 1 saturated heterocycles. The van der Waals surface area contributed by atoms with Gasteiger partial charge < -0.3 is 19.3 Å². The van der Waals surface area contributed by atoms with Crippen molar-refractivity contribution in [1.29, 1.82) is 0 Å². The Morgan fingerprint density at radius 2 is 1.72 bits per heavy atom. The third-order valence-corrected chi connectivity index (χ3v) is 5.66. The summed E-state index contributed by atoms with van der Waals surface area (Å²) in [5.41, 5.74) is 2.39. The first-order valence-electron chi connectivity index (χ1n) is 9.00. The Balaban J connectivity index is 1.48. The second-order valence-electron chi connectivity index (χ2n) is 7.27. The number of likely N-dealkylation sites (tertiary alicyclic amines) is 1. The predicted octanol–water partition coefficient (Wildman–Crippen LogP) is 1.95. The van der Waals surface area contributed by atoms with Crippen LogP contribution in [0.15, 0.2) is 12.1 Å². The zero-order valence-electron chi connectivity index (χ0n) is 14.8. The third-order valence-electron chi connectivity index (χ3n) is 5.66. The van der Waals surface area contributed by atoms with E-state index < -0.39 is 0 Å². The van der Waals surface area contributed by atoms with Gasteiger partial charge in [0.1, 0.15) is 0 Å².